The summed E-state index contributed by atoms with van der Waals surface area (Å²) in [6.07, 6.45) is 5.88. The Hall–Kier alpha value is -2.89. The number of nitrogens with zero attached hydrogens (tertiary/aromatic N) is 4. The predicted octanol–water partition coefficient (Wildman–Crippen LogP) is 3.89. The molecule has 0 radical (unpaired) electrons. The quantitative estimate of drug-likeness (QED) is 0.634. The maximum atomic E-state index is 14.3. The van der Waals surface area contributed by atoms with Gasteiger partial charge in [-0.05, 0) is 73.9 Å². The molecule has 3 aliphatic rings. The molecule has 1 aliphatic carbocycles. The van der Waals surface area contributed by atoms with E-state index in [0.717, 1.165) is 60.6 Å². The van der Waals surface area contributed by atoms with Crippen molar-refractivity contribution in [3.8, 4) is 0 Å². The van der Waals surface area contributed by atoms with Gasteiger partial charge in [0, 0.05) is 12.6 Å². The average molecular weight is 389 g/mol. The highest BCUT2D eigenvalue weighted by Gasteiger charge is 2.64. The lowest BCUT2D eigenvalue weighted by molar-refractivity contribution is 0.579. The molecule has 0 unspecified atom stereocenters. The fourth-order valence-corrected chi connectivity index (χ4v) is 5.47. The molecule has 6 rings (SSSR count). The van der Waals surface area contributed by atoms with Crippen LogP contribution in [0, 0.1) is 11.7 Å². The van der Waals surface area contributed by atoms with E-state index in [2.05, 4.69) is 28.7 Å². The molecule has 2 aliphatic heterocycles. The third kappa shape index (κ3) is 2.38. The highest BCUT2D eigenvalue weighted by atomic mass is 19.1. The number of halogens is 1. The van der Waals surface area contributed by atoms with Crippen LogP contribution in [0.4, 0.5) is 10.2 Å². The Morgan fingerprint density at radius 3 is 3.00 bits per heavy atom. The van der Waals surface area contributed by atoms with Gasteiger partial charge in [0.25, 0.3) is 0 Å². The Labute approximate surface area is 169 Å². The summed E-state index contributed by atoms with van der Waals surface area (Å²) in [6.45, 7) is 7.34. The first-order valence-corrected chi connectivity index (χ1v) is 10.4. The van der Waals surface area contributed by atoms with E-state index in [1.165, 1.54) is 5.56 Å². The van der Waals surface area contributed by atoms with Crippen molar-refractivity contribution in [1.82, 2.24) is 19.9 Å². The highest BCUT2D eigenvalue weighted by molar-refractivity contribution is 5.63. The lowest BCUT2D eigenvalue weighted by atomic mass is 9.92. The molecule has 148 valence electrons. The number of anilines is 1. The van der Waals surface area contributed by atoms with Crippen LogP contribution in [-0.2, 0) is 12.0 Å². The summed E-state index contributed by atoms with van der Waals surface area (Å²) < 4.78 is 16.2. The van der Waals surface area contributed by atoms with Gasteiger partial charge in [0.2, 0.25) is 0 Å². The fraction of sp³-hybridized carbons (Fsp3) is 0.391. The second kappa shape index (κ2) is 5.81. The molecular formula is C23H24FN5. The highest BCUT2D eigenvalue weighted by Crippen LogP contribution is 2.64. The third-order valence-corrected chi connectivity index (χ3v) is 7.00. The number of aryl methyl sites for hydroxylation is 1. The summed E-state index contributed by atoms with van der Waals surface area (Å²) >= 11 is 0. The van der Waals surface area contributed by atoms with Gasteiger partial charge in [0.05, 0.1) is 17.4 Å². The molecule has 0 amide bonds. The number of fused-ring (bicyclic) bond motifs is 3. The third-order valence-electron chi connectivity index (χ3n) is 7.00. The lowest BCUT2D eigenvalue weighted by Crippen LogP contribution is -2.34. The van der Waals surface area contributed by atoms with E-state index in [1.807, 2.05) is 28.9 Å². The number of rotatable bonds is 0. The predicted molar refractivity (Wildman–Crippen MR) is 111 cm³/mol. The van der Waals surface area contributed by atoms with Gasteiger partial charge in [-0.25, -0.2) is 13.9 Å². The summed E-state index contributed by atoms with van der Waals surface area (Å²) in [5.74, 6) is 1.34. The van der Waals surface area contributed by atoms with E-state index in [-0.39, 0.29) is 17.4 Å². The lowest BCUT2D eigenvalue weighted by Gasteiger charge is -2.31. The number of imidazole rings is 1. The molecule has 29 heavy (non-hydrogen) atoms. The van der Waals surface area contributed by atoms with Crippen molar-refractivity contribution >= 4 is 17.2 Å². The van der Waals surface area contributed by atoms with Crippen LogP contribution in [-0.4, -0.2) is 27.2 Å². The molecular weight excluding hydrogens is 365 g/mol. The van der Waals surface area contributed by atoms with Crippen LogP contribution in [0.1, 0.15) is 43.0 Å². The zero-order valence-corrected chi connectivity index (χ0v) is 16.5. The first kappa shape index (κ1) is 17.0. The second-order valence-electron chi connectivity index (χ2n) is 8.73. The smallest absolute Gasteiger partial charge is 0.154 e. The number of hydrogen-bond donors (Lipinski definition) is 1. The zero-order valence-electron chi connectivity index (χ0n) is 16.5. The normalized spacial score (nSPS) is 28.1. The van der Waals surface area contributed by atoms with E-state index >= 15 is 0 Å². The van der Waals surface area contributed by atoms with Crippen molar-refractivity contribution in [3.05, 3.63) is 65.7 Å². The second-order valence-corrected chi connectivity index (χ2v) is 8.73. The van der Waals surface area contributed by atoms with Gasteiger partial charge in [-0.1, -0.05) is 12.6 Å². The van der Waals surface area contributed by atoms with Crippen molar-refractivity contribution in [1.29, 1.82) is 0 Å². The summed E-state index contributed by atoms with van der Waals surface area (Å²) in [7, 11) is 0. The van der Waals surface area contributed by atoms with E-state index in [9.17, 15) is 4.39 Å². The number of aromatic nitrogens is 3. The molecule has 5 nitrogen and oxygen atoms in total. The number of hydrogen-bond acceptors (Lipinski definition) is 4. The molecule has 1 saturated carbocycles. The molecule has 2 bridgehead atoms. The number of benzene rings is 1. The van der Waals surface area contributed by atoms with Crippen LogP contribution in [0.2, 0.25) is 0 Å². The van der Waals surface area contributed by atoms with Crippen molar-refractivity contribution in [2.75, 3.05) is 11.4 Å². The maximum Gasteiger partial charge on any atom is 0.154 e. The fourth-order valence-electron chi connectivity index (χ4n) is 5.47. The standard InChI is InChI=1S/C23H24FN5/c1-14-3-4-16-5-6-18(24)11-19(16)23-12-17(23)9-10-28(23)22-8-7-21-25-13-20(15(2)26-14)29(21)27-22/h5-8,11,13-14,17,26H,2-4,9-10,12H2,1H3/t14-,17+,23-/m1/s1. The number of piperidine rings is 1. The van der Waals surface area contributed by atoms with Gasteiger partial charge in [0.15, 0.2) is 5.65 Å². The monoisotopic (exact) mass is 389 g/mol. The maximum absolute atomic E-state index is 14.3. The molecule has 3 aromatic rings. The van der Waals surface area contributed by atoms with Crippen LogP contribution < -0.4 is 10.2 Å². The van der Waals surface area contributed by atoms with E-state index in [0.29, 0.717) is 5.92 Å². The van der Waals surface area contributed by atoms with Crippen molar-refractivity contribution in [2.45, 2.75) is 44.2 Å². The van der Waals surface area contributed by atoms with Gasteiger partial charge in [-0.2, -0.15) is 0 Å². The Bertz CT molecular complexity index is 1150. The molecule has 2 aromatic heterocycles. The average Bonchev–Trinajstić information content (AvgIpc) is 3.09. The van der Waals surface area contributed by atoms with Crippen LogP contribution in [0.15, 0.2) is 43.1 Å². The number of nitrogens with one attached hydrogen (secondary N) is 1. The molecule has 1 saturated heterocycles. The van der Waals surface area contributed by atoms with Crippen LogP contribution in [0.25, 0.3) is 11.3 Å². The Kier molecular flexibility index (Phi) is 3.41. The molecule has 4 heterocycles. The summed E-state index contributed by atoms with van der Waals surface area (Å²) in [4.78, 5) is 6.90. The van der Waals surface area contributed by atoms with Crippen molar-refractivity contribution < 1.29 is 4.39 Å². The van der Waals surface area contributed by atoms with Crippen molar-refractivity contribution in [2.24, 2.45) is 5.92 Å². The minimum Gasteiger partial charge on any atom is -0.381 e. The van der Waals surface area contributed by atoms with Crippen molar-refractivity contribution in [3.63, 3.8) is 0 Å². The van der Waals surface area contributed by atoms with Crippen LogP contribution >= 0.6 is 0 Å². The first-order valence-electron chi connectivity index (χ1n) is 10.4. The molecule has 1 N–H and O–H groups in total. The van der Waals surface area contributed by atoms with Crippen LogP contribution in [0.3, 0.4) is 0 Å². The zero-order chi connectivity index (χ0) is 19.8. The molecule has 3 atom stereocenters. The molecule has 2 fully saturated rings. The van der Waals surface area contributed by atoms with Gasteiger partial charge < -0.3 is 10.2 Å². The van der Waals surface area contributed by atoms with E-state index in [1.54, 1.807) is 12.1 Å². The van der Waals surface area contributed by atoms with Crippen LogP contribution in [0.5, 0.6) is 0 Å². The van der Waals surface area contributed by atoms with Gasteiger partial charge in [-0.3, -0.25) is 0 Å². The van der Waals surface area contributed by atoms with E-state index < -0.39 is 0 Å². The van der Waals surface area contributed by atoms with E-state index in [4.69, 9.17) is 5.10 Å². The molecule has 1 aromatic carbocycles. The summed E-state index contributed by atoms with van der Waals surface area (Å²) in [5, 5.41) is 8.45. The van der Waals surface area contributed by atoms with Gasteiger partial charge in [0.1, 0.15) is 17.3 Å². The SMILES string of the molecule is C=C1N[C@H](C)CCc2ccc(F)cc2[C@@]23C[C@@H]2CCN3c2ccc3ncc1n3n2. The summed E-state index contributed by atoms with van der Waals surface area (Å²) in [6, 6.07) is 9.65. The molecule has 6 heteroatoms. The largest absolute Gasteiger partial charge is 0.381 e. The first-order chi connectivity index (χ1) is 14.1. The Morgan fingerprint density at radius 2 is 2.14 bits per heavy atom. The van der Waals surface area contributed by atoms with Gasteiger partial charge >= 0.3 is 0 Å². The Balaban J connectivity index is 1.57. The minimum atomic E-state index is -0.153. The molecule has 1 spiro atoms. The Morgan fingerprint density at radius 1 is 1.24 bits per heavy atom. The topological polar surface area (TPSA) is 45.5 Å². The van der Waals surface area contributed by atoms with Gasteiger partial charge in [-0.15, -0.1) is 5.10 Å². The summed E-state index contributed by atoms with van der Waals surface area (Å²) in [5.41, 5.74) is 4.80. The minimum absolute atomic E-state index is 0.124.